The van der Waals surface area contributed by atoms with E-state index in [4.69, 9.17) is 0 Å². The Bertz CT molecular complexity index is 737. The van der Waals surface area contributed by atoms with Crippen molar-refractivity contribution in [2.24, 2.45) is 5.92 Å². The van der Waals surface area contributed by atoms with Gasteiger partial charge in [-0.05, 0) is 49.6 Å². The van der Waals surface area contributed by atoms with Gasteiger partial charge in [0.1, 0.15) is 0 Å². The van der Waals surface area contributed by atoms with Gasteiger partial charge in [0.05, 0.1) is 0 Å². The van der Waals surface area contributed by atoms with Gasteiger partial charge >= 0.3 is 6.03 Å². The largest absolute Gasteiger partial charge is 0.334 e. The monoisotopic (exact) mass is 323 g/mol. The maximum Gasteiger partial charge on any atom is 0.319 e. The molecule has 0 unspecified atom stereocenters. The van der Waals surface area contributed by atoms with E-state index < -0.39 is 0 Å². The van der Waals surface area contributed by atoms with Crippen molar-refractivity contribution in [1.29, 1.82) is 0 Å². The SMILES string of the molecule is Cc1cccc(CNC(=O)Nc2ccc(NC(=O)C3CC3)cc2)c1. The lowest BCUT2D eigenvalue weighted by Crippen LogP contribution is -2.28. The molecule has 3 N–H and O–H groups in total. The molecule has 0 bridgehead atoms. The van der Waals surface area contributed by atoms with Gasteiger partial charge in [0, 0.05) is 23.8 Å². The Kier molecular flexibility index (Phi) is 4.79. The van der Waals surface area contributed by atoms with Gasteiger partial charge in [-0.3, -0.25) is 4.79 Å². The van der Waals surface area contributed by atoms with E-state index in [-0.39, 0.29) is 17.9 Å². The van der Waals surface area contributed by atoms with Crippen LogP contribution in [0.1, 0.15) is 24.0 Å². The molecule has 124 valence electrons. The Balaban J connectivity index is 1.48. The van der Waals surface area contributed by atoms with Crippen molar-refractivity contribution in [1.82, 2.24) is 5.32 Å². The molecule has 1 fully saturated rings. The Morgan fingerprint density at radius 1 is 1.00 bits per heavy atom. The second-order valence-electron chi connectivity index (χ2n) is 6.14. The maximum atomic E-state index is 11.9. The van der Waals surface area contributed by atoms with Crippen molar-refractivity contribution < 1.29 is 9.59 Å². The normalized spacial score (nSPS) is 13.2. The number of urea groups is 1. The summed E-state index contributed by atoms with van der Waals surface area (Å²) in [5.41, 5.74) is 3.65. The van der Waals surface area contributed by atoms with Gasteiger partial charge in [-0.1, -0.05) is 29.8 Å². The molecule has 0 aliphatic heterocycles. The fraction of sp³-hybridized carbons (Fsp3) is 0.263. The number of carbonyl (C=O) groups excluding carboxylic acids is 2. The van der Waals surface area contributed by atoms with E-state index in [0.29, 0.717) is 12.2 Å². The minimum atomic E-state index is -0.258. The van der Waals surface area contributed by atoms with Crippen molar-refractivity contribution in [2.45, 2.75) is 26.3 Å². The van der Waals surface area contributed by atoms with E-state index in [1.54, 1.807) is 24.3 Å². The number of rotatable bonds is 5. The average molecular weight is 323 g/mol. The Labute approximate surface area is 141 Å². The second-order valence-corrected chi connectivity index (χ2v) is 6.14. The summed E-state index contributed by atoms with van der Waals surface area (Å²) in [7, 11) is 0. The number of hydrogen-bond donors (Lipinski definition) is 3. The average Bonchev–Trinajstić information content (AvgIpc) is 3.40. The first-order valence-electron chi connectivity index (χ1n) is 8.11. The minimum absolute atomic E-state index is 0.0756. The van der Waals surface area contributed by atoms with E-state index in [1.807, 2.05) is 31.2 Å². The van der Waals surface area contributed by atoms with Gasteiger partial charge in [-0.2, -0.15) is 0 Å². The lowest BCUT2D eigenvalue weighted by Gasteiger charge is -2.09. The molecule has 0 saturated heterocycles. The molecule has 24 heavy (non-hydrogen) atoms. The molecular weight excluding hydrogens is 302 g/mol. The first kappa shape index (κ1) is 16.1. The number of nitrogens with one attached hydrogen (secondary N) is 3. The summed E-state index contributed by atoms with van der Waals surface area (Å²) in [5, 5.41) is 8.47. The van der Waals surface area contributed by atoms with Crippen molar-refractivity contribution in [2.75, 3.05) is 10.6 Å². The number of aryl methyl sites for hydroxylation is 1. The van der Waals surface area contributed by atoms with Crippen molar-refractivity contribution in [3.05, 3.63) is 59.7 Å². The van der Waals surface area contributed by atoms with Crippen molar-refractivity contribution >= 4 is 23.3 Å². The summed E-state index contributed by atoms with van der Waals surface area (Å²) in [6.07, 6.45) is 1.96. The highest BCUT2D eigenvalue weighted by molar-refractivity contribution is 5.94. The number of benzene rings is 2. The Hall–Kier alpha value is -2.82. The summed E-state index contributed by atoms with van der Waals surface area (Å²) in [6, 6.07) is 14.9. The third-order valence-electron chi connectivity index (χ3n) is 3.89. The zero-order valence-corrected chi connectivity index (χ0v) is 13.6. The van der Waals surface area contributed by atoms with Gasteiger partial charge in [0.15, 0.2) is 0 Å². The molecule has 5 nitrogen and oxygen atoms in total. The highest BCUT2D eigenvalue weighted by Gasteiger charge is 2.29. The molecule has 0 heterocycles. The molecule has 1 aliphatic carbocycles. The molecular formula is C19H21N3O2. The molecule has 0 radical (unpaired) electrons. The van der Waals surface area contributed by atoms with Crippen LogP contribution in [0.4, 0.5) is 16.2 Å². The van der Waals surface area contributed by atoms with E-state index in [1.165, 1.54) is 5.56 Å². The lowest BCUT2D eigenvalue weighted by atomic mass is 10.1. The van der Waals surface area contributed by atoms with Crippen LogP contribution in [-0.4, -0.2) is 11.9 Å². The predicted octanol–water partition coefficient (Wildman–Crippen LogP) is 3.67. The molecule has 1 saturated carbocycles. The number of anilines is 2. The molecule has 2 aromatic rings. The van der Waals surface area contributed by atoms with Gasteiger partial charge in [0.2, 0.25) is 5.91 Å². The van der Waals surface area contributed by atoms with Gasteiger partial charge in [-0.25, -0.2) is 4.79 Å². The lowest BCUT2D eigenvalue weighted by molar-refractivity contribution is -0.117. The Morgan fingerprint density at radius 2 is 1.67 bits per heavy atom. The molecule has 5 heteroatoms. The first-order valence-corrected chi connectivity index (χ1v) is 8.11. The molecule has 1 aliphatic rings. The standard InChI is InChI=1S/C19H21N3O2/c1-13-3-2-4-14(11-13)12-20-19(24)22-17-9-7-16(8-10-17)21-18(23)15-5-6-15/h2-4,7-11,15H,5-6,12H2,1H3,(H,21,23)(H2,20,22,24). The zero-order chi connectivity index (χ0) is 16.9. The molecule has 2 aromatic carbocycles. The van der Waals surface area contributed by atoms with Crippen molar-refractivity contribution in [3.8, 4) is 0 Å². The van der Waals surface area contributed by atoms with Crippen LogP contribution < -0.4 is 16.0 Å². The predicted molar refractivity (Wildman–Crippen MR) is 94.8 cm³/mol. The zero-order valence-electron chi connectivity index (χ0n) is 13.6. The smallest absolute Gasteiger partial charge is 0.319 e. The van der Waals surface area contributed by atoms with E-state index in [2.05, 4.69) is 16.0 Å². The quantitative estimate of drug-likeness (QED) is 0.786. The summed E-state index contributed by atoms with van der Waals surface area (Å²) in [5.74, 6) is 0.252. The molecule has 0 spiro atoms. The van der Waals surface area contributed by atoms with Gasteiger partial charge < -0.3 is 16.0 Å². The summed E-state index contributed by atoms with van der Waals surface area (Å²) < 4.78 is 0. The highest BCUT2D eigenvalue weighted by Crippen LogP contribution is 2.30. The third kappa shape index (κ3) is 4.59. The topological polar surface area (TPSA) is 70.2 Å². The Morgan fingerprint density at radius 3 is 2.29 bits per heavy atom. The van der Waals surface area contributed by atoms with Crippen LogP contribution in [0, 0.1) is 12.8 Å². The van der Waals surface area contributed by atoms with Crippen LogP contribution in [0.5, 0.6) is 0 Å². The highest BCUT2D eigenvalue weighted by atomic mass is 16.2. The van der Waals surface area contributed by atoms with E-state index in [9.17, 15) is 9.59 Å². The minimum Gasteiger partial charge on any atom is -0.334 e. The van der Waals surface area contributed by atoms with Crippen LogP contribution in [0.3, 0.4) is 0 Å². The molecule has 3 rings (SSSR count). The second kappa shape index (κ2) is 7.17. The fourth-order valence-electron chi connectivity index (χ4n) is 2.41. The van der Waals surface area contributed by atoms with Crippen LogP contribution in [0.25, 0.3) is 0 Å². The summed E-state index contributed by atoms with van der Waals surface area (Å²) in [4.78, 5) is 23.6. The van der Waals surface area contributed by atoms with Crippen molar-refractivity contribution in [3.63, 3.8) is 0 Å². The van der Waals surface area contributed by atoms with Crippen LogP contribution in [-0.2, 0) is 11.3 Å². The summed E-state index contributed by atoms with van der Waals surface area (Å²) in [6.45, 7) is 2.50. The number of hydrogen-bond acceptors (Lipinski definition) is 2. The van der Waals surface area contributed by atoms with Gasteiger partial charge in [-0.15, -0.1) is 0 Å². The number of amides is 3. The fourth-order valence-corrected chi connectivity index (χ4v) is 2.41. The number of carbonyl (C=O) groups is 2. The molecule has 0 aromatic heterocycles. The summed E-state index contributed by atoms with van der Waals surface area (Å²) >= 11 is 0. The molecule has 0 atom stereocenters. The maximum absolute atomic E-state index is 11.9. The van der Waals surface area contributed by atoms with Crippen LogP contribution >= 0.6 is 0 Å². The van der Waals surface area contributed by atoms with Gasteiger partial charge in [0.25, 0.3) is 0 Å². The first-order chi connectivity index (χ1) is 11.6. The third-order valence-corrected chi connectivity index (χ3v) is 3.89. The van der Waals surface area contributed by atoms with E-state index in [0.717, 1.165) is 24.1 Å². The van der Waals surface area contributed by atoms with Crippen LogP contribution in [0.2, 0.25) is 0 Å². The van der Waals surface area contributed by atoms with Crippen LogP contribution in [0.15, 0.2) is 48.5 Å². The molecule has 3 amide bonds. The van der Waals surface area contributed by atoms with E-state index >= 15 is 0 Å².